The van der Waals surface area contributed by atoms with Crippen LogP contribution in [0, 0.1) is 5.92 Å². The fraction of sp³-hybridized carbons (Fsp3) is 0.409. The second kappa shape index (κ2) is 7.40. The van der Waals surface area contributed by atoms with Crippen molar-refractivity contribution < 1.29 is 9.69 Å². The van der Waals surface area contributed by atoms with E-state index in [1.165, 1.54) is 17.5 Å². The van der Waals surface area contributed by atoms with Crippen molar-refractivity contribution in [3.05, 3.63) is 71.8 Å². The van der Waals surface area contributed by atoms with Crippen molar-refractivity contribution in [1.82, 2.24) is 4.90 Å². The van der Waals surface area contributed by atoms with Crippen LogP contribution in [-0.2, 0) is 4.79 Å². The number of nitrogens with zero attached hydrogens (tertiary/aromatic N) is 1. The van der Waals surface area contributed by atoms with Gasteiger partial charge in [-0.25, -0.2) is 0 Å². The molecule has 1 saturated carbocycles. The van der Waals surface area contributed by atoms with Gasteiger partial charge in [0.05, 0.1) is 26.2 Å². The Morgan fingerprint density at radius 3 is 1.84 bits per heavy atom. The third-order valence-electron chi connectivity index (χ3n) is 5.85. The molecule has 3 heteroatoms. The average molecular weight is 335 g/mol. The van der Waals surface area contributed by atoms with Crippen LogP contribution in [-0.4, -0.2) is 37.0 Å². The molecule has 2 fully saturated rings. The average Bonchev–Trinajstić information content (AvgIpc) is 2.63. The molecule has 1 aliphatic carbocycles. The molecule has 0 atom stereocenters. The molecular weight excluding hydrogens is 308 g/mol. The predicted octanol–water partition coefficient (Wildman–Crippen LogP) is 2.30. The molecule has 3 nitrogen and oxygen atoms in total. The zero-order valence-electron chi connectivity index (χ0n) is 14.7. The van der Waals surface area contributed by atoms with Gasteiger partial charge >= 0.3 is 0 Å². The molecule has 2 aliphatic rings. The van der Waals surface area contributed by atoms with Crippen LogP contribution in [0.2, 0.25) is 0 Å². The summed E-state index contributed by atoms with van der Waals surface area (Å²) in [6.07, 6.45) is 3.43. The van der Waals surface area contributed by atoms with Gasteiger partial charge in [0.2, 0.25) is 5.91 Å². The lowest BCUT2D eigenvalue weighted by Gasteiger charge is -2.39. The molecule has 0 radical (unpaired) electrons. The maximum atomic E-state index is 12.5. The van der Waals surface area contributed by atoms with E-state index in [1.54, 1.807) is 4.90 Å². The highest BCUT2D eigenvalue weighted by Crippen LogP contribution is 2.28. The second-order valence-corrected chi connectivity index (χ2v) is 7.37. The summed E-state index contributed by atoms with van der Waals surface area (Å²) in [4.78, 5) is 16.2. The molecule has 2 aromatic rings. The molecule has 0 unspecified atom stereocenters. The highest BCUT2D eigenvalue weighted by molar-refractivity contribution is 5.79. The summed E-state index contributed by atoms with van der Waals surface area (Å²) in [7, 11) is 0. The first-order chi connectivity index (χ1) is 12.3. The molecule has 0 spiro atoms. The Labute approximate surface area is 150 Å². The minimum absolute atomic E-state index is 0.320. The van der Waals surface area contributed by atoms with Crippen molar-refractivity contribution in [2.75, 3.05) is 26.2 Å². The first-order valence-electron chi connectivity index (χ1n) is 9.56. The summed E-state index contributed by atoms with van der Waals surface area (Å²) in [5.74, 6) is 0.724. The van der Waals surface area contributed by atoms with E-state index in [0.29, 0.717) is 17.9 Å². The quantitative estimate of drug-likeness (QED) is 0.911. The van der Waals surface area contributed by atoms with E-state index in [1.807, 2.05) is 0 Å². The van der Waals surface area contributed by atoms with E-state index < -0.39 is 0 Å². The van der Waals surface area contributed by atoms with E-state index >= 15 is 0 Å². The minimum Gasteiger partial charge on any atom is -0.331 e. The van der Waals surface area contributed by atoms with Crippen LogP contribution in [0.4, 0.5) is 0 Å². The van der Waals surface area contributed by atoms with Gasteiger partial charge in [-0.15, -0.1) is 0 Å². The fourth-order valence-corrected chi connectivity index (χ4v) is 4.17. The lowest BCUT2D eigenvalue weighted by atomic mass is 9.84. The topological polar surface area (TPSA) is 24.8 Å². The van der Waals surface area contributed by atoms with E-state index in [0.717, 1.165) is 39.0 Å². The Morgan fingerprint density at radius 2 is 1.40 bits per heavy atom. The molecule has 1 heterocycles. The number of rotatable bonds is 4. The van der Waals surface area contributed by atoms with Gasteiger partial charge < -0.3 is 9.80 Å². The Kier molecular flexibility index (Phi) is 4.84. The van der Waals surface area contributed by atoms with Gasteiger partial charge in [-0.2, -0.15) is 0 Å². The van der Waals surface area contributed by atoms with Crippen LogP contribution in [0.15, 0.2) is 60.7 Å². The lowest BCUT2D eigenvalue weighted by molar-refractivity contribution is -0.929. The summed E-state index contributed by atoms with van der Waals surface area (Å²) in [6, 6.07) is 21.9. The molecule has 0 bridgehead atoms. The zero-order chi connectivity index (χ0) is 17.1. The maximum absolute atomic E-state index is 12.5. The molecule has 1 amide bonds. The van der Waals surface area contributed by atoms with Crippen molar-refractivity contribution in [1.29, 1.82) is 0 Å². The molecule has 1 aliphatic heterocycles. The standard InChI is InChI=1S/C22H26N2O/c25-22(20-12-7-13-20)24-16-14-23(15-17-24)21(18-8-3-1-4-9-18)19-10-5-2-6-11-19/h1-6,8-11,20-21H,7,12-17H2/p+1. The lowest BCUT2D eigenvalue weighted by Crippen LogP contribution is -3.15. The first kappa shape index (κ1) is 16.3. The van der Waals surface area contributed by atoms with E-state index in [9.17, 15) is 4.79 Å². The minimum atomic E-state index is 0.320. The normalized spacial score (nSPS) is 19.0. The molecule has 1 saturated heterocycles. The number of carbonyl (C=O) groups excluding carboxylic acids is 1. The number of hydrogen-bond donors (Lipinski definition) is 1. The van der Waals surface area contributed by atoms with Crippen LogP contribution in [0.25, 0.3) is 0 Å². The summed E-state index contributed by atoms with van der Waals surface area (Å²) in [5, 5.41) is 0. The van der Waals surface area contributed by atoms with Crippen LogP contribution in [0.5, 0.6) is 0 Å². The van der Waals surface area contributed by atoms with Crippen molar-refractivity contribution in [3.8, 4) is 0 Å². The molecular formula is C22H27N2O+. The molecule has 130 valence electrons. The number of nitrogens with one attached hydrogen (secondary N) is 1. The third kappa shape index (κ3) is 3.47. The molecule has 2 aromatic carbocycles. The third-order valence-corrected chi connectivity index (χ3v) is 5.85. The molecule has 1 N–H and O–H groups in total. The highest BCUT2D eigenvalue weighted by atomic mass is 16.2. The summed E-state index contributed by atoms with van der Waals surface area (Å²) < 4.78 is 0. The number of piperazine rings is 1. The smallest absolute Gasteiger partial charge is 0.226 e. The summed E-state index contributed by atoms with van der Waals surface area (Å²) in [5.41, 5.74) is 2.73. The van der Waals surface area contributed by atoms with Gasteiger partial charge in [0.1, 0.15) is 6.04 Å². The van der Waals surface area contributed by atoms with Crippen LogP contribution < -0.4 is 4.90 Å². The number of benzene rings is 2. The number of carbonyl (C=O) groups is 1. The zero-order valence-corrected chi connectivity index (χ0v) is 14.7. The molecule has 25 heavy (non-hydrogen) atoms. The van der Waals surface area contributed by atoms with E-state index in [4.69, 9.17) is 0 Å². The number of amides is 1. The van der Waals surface area contributed by atoms with E-state index in [2.05, 4.69) is 65.6 Å². The first-order valence-corrected chi connectivity index (χ1v) is 9.56. The summed E-state index contributed by atoms with van der Waals surface area (Å²) >= 11 is 0. The Morgan fingerprint density at radius 1 is 0.880 bits per heavy atom. The fourth-order valence-electron chi connectivity index (χ4n) is 4.17. The maximum Gasteiger partial charge on any atom is 0.226 e. The van der Waals surface area contributed by atoms with Crippen LogP contribution in [0.3, 0.4) is 0 Å². The van der Waals surface area contributed by atoms with Gasteiger partial charge in [-0.3, -0.25) is 4.79 Å². The molecule has 4 rings (SSSR count). The second-order valence-electron chi connectivity index (χ2n) is 7.37. The SMILES string of the molecule is O=C(C1CCC1)N1CC[NH+](C(c2ccccc2)c2ccccc2)CC1. The Bertz CT molecular complexity index is 649. The Hall–Kier alpha value is -2.13. The van der Waals surface area contributed by atoms with Gasteiger partial charge in [-0.05, 0) is 12.8 Å². The number of quaternary nitrogens is 1. The van der Waals surface area contributed by atoms with Crippen molar-refractivity contribution >= 4 is 5.91 Å². The highest BCUT2D eigenvalue weighted by Gasteiger charge is 2.35. The monoisotopic (exact) mass is 335 g/mol. The Balaban J connectivity index is 1.50. The van der Waals surface area contributed by atoms with Gasteiger partial charge in [-0.1, -0.05) is 67.1 Å². The molecule has 0 aromatic heterocycles. The van der Waals surface area contributed by atoms with Gasteiger partial charge in [0.15, 0.2) is 0 Å². The largest absolute Gasteiger partial charge is 0.331 e. The van der Waals surface area contributed by atoms with Crippen molar-refractivity contribution in [3.63, 3.8) is 0 Å². The number of hydrogen-bond acceptors (Lipinski definition) is 1. The van der Waals surface area contributed by atoms with Crippen molar-refractivity contribution in [2.45, 2.75) is 25.3 Å². The van der Waals surface area contributed by atoms with Crippen LogP contribution in [0.1, 0.15) is 36.4 Å². The predicted molar refractivity (Wildman–Crippen MR) is 99.3 cm³/mol. The van der Waals surface area contributed by atoms with E-state index in [-0.39, 0.29) is 0 Å². The van der Waals surface area contributed by atoms with Crippen molar-refractivity contribution in [2.24, 2.45) is 5.92 Å². The van der Waals surface area contributed by atoms with Gasteiger partial charge in [0.25, 0.3) is 0 Å². The van der Waals surface area contributed by atoms with Crippen LogP contribution >= 0.6 is 0 Å². The van der Waals surface area contributed by atoms with Gasteiger partial charge in [0, 0.05) is 17.0 Å². The summed E-state index contributed by atoms with van der Waals surface area (Å²) in [6.45, 7) is 3.82.